The van der Waals surface area contributed by atoms with E-state index in [1.807, 2.05) is 41.0 Å². The molecule has 2 amide bonds. The topological polar surface area (TPSA) is 105 Å². The second kappa shape index (κ2) is 6.16. The lowest BCUT2D eigenvalue weighted by Gasteiger charge is -2.22. The van der Waals surface area contributed by atoms with Gasteiger partial charge in [0.15, 0.2) is 0 Å². The lowest BCUT2D eigenvalue weighted by atomic mass is 9.94. The molecule has 4 aromatic rings. The Kier molecular flexibility index (Phi) is 3.70. The fraction of sp³-hybridized carbons (Fsp3) is 0.238. The van der Waals surface area contributed by atoms with Crippen LogP contribution in [-0.4, -0.2) is 37.9 Å². The van der Waals surface area contributed by atoms with Crippen LogP contribution in [0.5, 0.6) is 0 Å². The zero-order valence-electron chi connectivity index (χ0n) is 16.1. The lowest BCUT2D eigenvalue weighted by Crippen LogP contribution is -2.31. The molecule has 3 aromatic heterocycles. The minimum Gasteiger partial charge on any atom is -0.350 e. The second-order valence-corrected chi connectivity index (χ2v) is 8.13. The number of para-hydroxylation sites is 2. The molecule has 0 bridgehead atoms. The highest BCUT2D eigenvalue weighted by molar-refractivity contribution is 6.04. The summed E-state index contributed by atoms with van der Waals surface area (Å²) in [4.78, 5) is 37.2. The van der Waals surface area contributed by atoms with Gasteiger partial charge in [-0.3, -0.25) is 14.9 Å². The fourth-order valence-electron chi connectivity index (χ4n) is 3.68. The summed E-state index contributed by atoms with van der Waals surface area (Å²) in [6.45, 7) is 5.39. The van der Waals surface area contributed by atoms with Crippen molar-refractivity contribution in [2.45, 2.75) is 20.4 Å². The minimum atomic E-state index is -0.362. The van der Waals surface area contributed by atoms with Crippen molar-refractivity contribution in [3.05, 3.63) is 53.9 Å². The summed E-state index contributed by atoms with van der Waals surface area (Å²) in [6, 6.07) is 12.8. The third-order valence-electron chi connectivity index (χ3n) is 5.14. The molecular formula is C21H20N6O2. The van der Waals surface area contributed by atoms with E-state index in [4.69, 9.17) is 0 Å². The van der Waals surface area contributed by atoms with E-state index in [1.54, 1.807) is 6.07 Å². The van der Waals surface area contributed by atoms with Crippen LogP contribution in [0.4, 0.5) is 5.95 Å². The predicted molar refractivity (Wildman–Crippen MR) is 110 cm³/mol. The quantitative estimate of drug-likeness (QED) is 0.491. The second-order valence-electron chi connectivity index (χ2n) is 8.13. The van der Waals surface area contributed by atoms with E-state index in [0.717, 1.165) is 16.4 Å². The van der Waals surface area contributed by atoms with Crippen molar-refractivity contribution in [3.63, 3.8) is 0 Å². The summed E-state index contributed by atoms with van der Waals surface area (Å²) in [5.74, 6) is -0.117. The van der Waals surface area contributed by atoms with Gasteiger partial charge in [-0.1, -0.05) is 26.0 Å². The molecule has 0 saturated carbocycles. The molecule has 0 unspecified atom stereocenters. The van der Waals surface area contributed by atoms with Crippen molar-refractivity contribution in [2.24, 2.45) is 5.41 Å². The molecule has 0 aliphatic carbocycles. The Hall–Kier alpha value is -3.68. The number of hydrogen-bond donors (Lipinski definition) is 3. The van der Waals surface area contributed by atoms with Gasteiger partial charge in [0.05, 0.1) is 11.0 Å². The number of hydrogen-bond acceptors (Lipinski definition) is 4. The van der Waals surface area contributed by atoms with Crippen LogP contribution in [0, 0.1) is 5.41 Å². The zero-order chi connectivity index (χ0) is 20.2. The van der Waals surface area contributed by atoms with E-state index in [2.05, 4.69) is 39.4 Å². The number of fused-ring (bicyclic) bond motifs is 4. The Labute approximate surface area is 166 Å². The van der Waals surface area contributed by atoms with Crippen molar-refractivity contribution in [3.8, 4) is 0 Å². The van der Waals surface area contributed by atoms with Crippen molar-refractivity contribution in [1.82, 2.24) is 24.8 Å². The van der Waals surface area contributed by atoms with E-state index >= 15 is 0 Å². The number of rotatable bonds is 2. The molecular weight excluding hydrogens is 368 g/mol. The Morgan fingerprint density at radius 3 is 2.83 bits per heavy atom. The molecule has 3 N–H and O–H groups in total. The number of benzene rings is 1. The summed E-state index contributed by atoms with van der Waals surface area (Å²) in [7, 11) is 0. The molecule has 1 aliphatic heterocycles. The molecule has 0 saturated heterocycles. The van der Waals surface area contributed by atoms with Crippen molar-refractivity contribution < 1.29 is 9.59 Å². The highest BCUT2D eigenvalue weighted by atomic mass is 16.2. The van der Waals surface area contributed by atoms with Crippen LogP contribution in [0.1, 0.15) is 34.8 Å². The normalized spacial score (nSPS) is 15.7. The van der Waals surface area contributed by atoms with E-state index in [9.17, 15) is 9.59 Å². The number of anilines is 1. The summed E-state index contributed by atoms with van der Waals surface area (Å²) < 4.78 is 1.90. The third kappa shape index (κ3) is 3.02. The minimum absolute atomic E-state index is 0.123. The molecule has 1 aromatic carbocycles. The van der Waals surface area contributed by atoms with Crippen LogP contribution in [-0.2, 0) is 6.54 Å². The highest BCUT2D eigenvalue weighted by Gasteiger charge is 2.29. The third-order valence-corrected chi connectivity index (χ3v) is 5.14. The predicted octanol–water partition coefficient (Wildman–Crippen LogP) is 2.93. The van der Waals surface area contributed by atoms with Crippen molar-refractivity contribution in [2.75, 3.05) is 11.9 Å². The van der Waals surface area contributed by atoms with E-state index in [1.165, 1.54) is 0 Å². The van der Waals surface area contributed by atoms with Crippen LogP contribution in [0.15, 0.2) is 42.5 Å². The van der Waals surface area contributed by atoms with Gasteiger partial charge >= 0.3 is 0 Å². The van der Waals surface area contributed by atoms with Gasteiger partial charge in [0, 0.05) is 23.9 Å². The van der Waals surface area contributed by atoms with E-state index in [-0.39, 0.29) is 22.9 Å². The van der Waals surface area contributed by atoms with Crippen LogP contribution < -0.4 is 10.6 Å². The van der Waals surface area contributed by atoms with Crippen LogP contribution in [0.25, 0.3) is 22.1 Å². The SMILES string of the molecule is CC1(C)CNC(=O)c2cc3ccc(C(=O)Nc4nc5ccccc5[nH]4)nc3n2C1. The summed E-state index contributed by atoms with van der Waals surface area (Å²) in [5, 5.41) is 6.55. The fourth-order valence-corrected chi connectivity index (χ4v) is 3.68. The van der Waals surface area contributed by atoms with Gasteiger partial charge < -0.3 is 14.9 Å². The molecule has 5 rings (SSSR count). The first-order valence-corrected chi connectivity index (χ1v) is 9.44. The van der Waals surface area contributed by atoms with Gasteiger partial charge in [0.2, 0.25) is 5.95 Å². The maximum absolute atomic E-state index is 12.8. The maximum Gasteiger partial charge on any atom is 0.276 e. The monoisotopic (exact) mass is 388 g/mol. The molecule has 146 valence electrons. The Morgan fingerprint density at radius 2 is 2.00 bits per heavy atom. The summed E-state index contributed by atoms with van der Waals surface area (Å²) in [5.41, 5.74) is 2.95. The van der Waals surface area contributed by atoms with E-state index in [0.29, 0.717) is 30.4 Å². The molecule has 1 aliphatic rings. The van der Waals surface area contributed by atoms with Gasteiger partial charge in [-0.15, -0.1) is 0 Å². The number of imidazole rings is 1. The van der Waals surface area contributed by atoms with Gasteiger partial charge in [0.1, 0.15) is 17.0 Å². The van der Waals surface area contributed by atoms with Crippen molar-refractivity contribution >= 4 is 39.8 Å². The number of carbonyl (C=O) groups excluding carboxylic acids is 2. The van der Waals surface area contributed by atoms with Gasteiger partial charge in [-0.2, -0.15) is 0 Å². The molecule has 0 spiro atoms. The standard InChI is InChI=1S/C21H20N6O2/c1-21(2)10-22-19(29)16-9-12-7-8-15(23-17(12)27(16)11-21)18(28)26-20-24-13-5-3-4-6-14(13)25-20/h3-9H,10-11H2,1-2H3,(H,22,29)(H2,24,25,26,28). The summed E-state index contributed by atoms with van der Waals surface area (Å²) >= 11 is 0. The molecule has 0 radical (unpaired) electrons. The Balaban J connectivity index is 1.51. The number of H-pyrrole nitrogens is 1. The lowest BCUT2D eigenvalue weighted by molar-refractivity contribution is 0.0942. The van der Waals surface area contributed by atoms with Gasteiger partial charge in [0.25, 0.3) is 11.8 Å². The average molecular weight is 388 g/mol. The number of pyridine rings is 1. The Morgan fingerprint density at radius 1 is 1.17 bits per heavy atom. The number of aromatic nitrogens is 4. The van der Waals surface area contributed by atoms with Gasteiger partial charge in [-0.05, 0) is 30.3 Å². The van der Waals surface area contributed by atoms with Crippen molar-refractivity contribution in [1.29, 1.82) is 0 Å². The molecule has 8 nitrogen and oxygen atoms in total. The average Bonchev–Trinajstić information content (AvgIpc) is 3.23. The highest BCUT2D eigenvalue weighted by Crippen LogP contribution is 2.27. The number of nitrogens with one attached hydrogen (secondary N) is 3. The molecule has 0 atom stereocenters. The summed E-state index contributed by atoms with van der Waals surface area (Å²) in [6.07, 6.45) is 0. The Bertz CT molecular complexity index is 1250. The first-order valence-electron chi connectivity index (χ1n) is 9.44. The zero-order valence-corrected chi connectivity index (χ0v) is 16.1. The molecule has 8 heteroatoms. The van der Waals surface area contributed by atoms with Crippen LogP contribution >= 0.6 is 0 Å². The van der Waals surface area contributed by atoms with Gasteiger partial charge in [-0.25, -0.2) is 9.97 Å². The number of nitrogens with zero attached hydrogens (tertiary/aromatic N) is 3. The van der Waals surface area contributed by atoms with Crippen LogP contribution in [0.2, 0.25) is 0 Å². The number of amides is 2. The molecule has 4 heterocycles. The number of aromatic amines is 1. The smallest absolute Gasteiger partial charge is 0.276 e. The van der Waals surface area contributed by atoms with Crippen LogP contribution in [0.3, 0.4) is 0 Å². The largest absolute Gasteiger partial charge is 0.350 e. The van der Waals surface area contributed by atoms with E-state index < -0.39 is 0 Å². The number of carbonyl (C=O) groups is 2. The molecule has 29 heavy (non-hydrogen) atoms. The molecule has 0 fully saturated rings. The first kappa shape index (κ1) is 17.4. The maximum atomic E-state index is 12.8. The first-order chi connectivity index (χ1) is 13.9.